The molecule has 2 aromatic rings. The van der Waals surface area contributed by atoms with E-state index < -0.39 is 29.0 Å². The molecule has 0 aliphatic heterocycles. The van der Waals surface area contributed by atoms with Gasteiger partial charge in [-0.1, -0.05) is 28.1 Å². The average molecular weight is 345 g/mol. The molecular weight excluding hydrogens is 337 g/mol. The fourth-order valence-electron chi connectivity index (χ4n) is 1.55. The predicted molar refractivity (Wildman–Crippen MR) is 69.6 cm³/mol. The maximum atomic E-state index is 13.4. The highest BCUT2D eigenvalue weighted by Crippen LogP contribution is 2.20. The van der Waals surface area contributed by atoms with Gasteiger partial charge >= 0.3 is 5.97 Å². The Balaban J connectivity index is 2.13. The molecule has 0 heterocycles. The van der Waals surface area contributed by atoms with Gasteiger partial charge in [0.2, 0.25) is 0 Å². The summed E-state index contributed by atoms with van der Waals surface area (Å²) in [5.41, 5.74) is -0.262. The van der Waals surface area contributed by atoms with Crippen LogP contribution in [0.5, 0.6) is 0 Å². The fraction of sp³-hybridized carbons (Fsp3) is 0.0714. The minimum Gasteiger partial charge on any atom is -0.457 e. The summed E-state index contributed by atoms with van der Waals surface area (Å²) < 4.78 is 44.8. The molecular formula is C14H8BrF3O2. The second-order valence-electron chi connectivity index (χ2n) is 3.91. The number of halogens is 4. The van der Waals surface area contributed by atoms with E-state index in [4.69, 9.17) is 4.74 Å². The highest BCUT2D eigenvalue weighted by Gasteiger charge is 2.18. The van der Waals surface area contributed by atoms with E-state index in [0.29, 0.717) is 10.0 Å². The summed E-state index contributed by atoms with van der Waals surface area (Å²) in [6, 6.07) is 6.88. The molecule has 0 spiro atoms. The molecule has 6 heteroatoms. The van der Waals surface area contributed by atoms with Gasteiger partial charge in [0.05, 0.1) is 0 Å². The van der Waals surface area contributed by atoms with E-state index in [9.17, 15) is 18.0 Å². The molecule has 0 aliphatic carbocycles. The molecule has 0 aromatic heterocycles. The lowest BCUT2D eigenvalue weighted by Crippen LogP contribution is -2.10. The Morgan fingerprint density at radius 1 is 1.10 bits per heavy atom. The van der Waals surface area contributed by atoms with Gasteiger partial charge in [-0.05, 0) is 24.3 Å². The second kappa shape index (κ2) is 6.09. The topological polar surface area (TPSA) is 26.3 Å². The van der Waals surface area contributed by atoms with Crippen molar-refractivity contribution in [3.8, 4) is 0 Å². The fourth-order valence-corrected chi connectivity index (χ4v) is 2.01. The second-order valence-corrected chi connectivity index (χ2v) is 4.76. The number of hydrogen-bond donors (Lipinski definition) is 0. The zero-order chi connectivity index (χ0) is 14.7. The third kappa shape index (κ3) is 3.19. The molecule has 2 nitrogen and oxygen atoms in total. The minimum atomic E-state index is -1.11. The van der Waals surface area contributed by atoms with Crippen molar-refractivity contribution in [1.82, 2.24) is 0 Å². The zero-order valence-electron chi connectivity index (χ0n) is 10.00. The van der Waals surface area contributed by atoms with Crippen LogP contribution in [0.1, 0.15) is 15.9 Å². The van der Waals surface area contributed by atoms with Gasteiger partial charge in [0, 0.05) is 10.0 Å². The number of benzene rings is 2. The third-order valence-corrected chi connectivity index (χ3v) is 3.28. The molecule has 0 fully saturated rings. The number of esters is 1. The molecule has 0 amide bonds. The highest BCUT2D eigenvalue weighted by atomic mass is 79.9. The summed E-state index contributed by atoms with van der Waals surface area (Å²) in [5.74, 6) is -3.55. The van der Waals surface area contributed by atoms with Crippen LogP contribution < -0.4 is 0 Å². The molecule has 0 N–H and O–H groups in total. The summed E-state index contributed by atoms with van der Waals surface area (Å²) in [7, 11) is 0. The number of carbonyl (C=O) groups is 1. The van der Waals surface area contributed by atoms with Crippen LogP contribution in [0, 0.1) is 17.5 Å². The van der Waals surface area contributed by atoms with Gasteiger partial charge < -0.3 is 4.74 Å². The molecule has 0 atom stereocenters. The number of hydrogen-bond acceptors (Lipinski definition) is 2. The van der Waals surface area contributed by atoms with Gasteiger partial charge in [-0.3, -0.25) is 0 Å². The van der Waals surface area contributed by atoms with Crippen LogP contribution in [0.2, 0.25) is 0 Å². The van der Waals surface area contributed by atoms with E-state index in [0.717, 1.165) is 18.2 Å². The van der Waals surface area contributed by atoms with Crippen molar-refractivity contribution in [2.75, 3.05) is 0 Å². The molecule has 0 bridgehead atoms. The largest absolute Gasteiger partial charge is 0.457 e. The van der Waals surface area contributed by atoms with E-state index in [-0.39, 0.29) is 6.61 Å². The predicted octanol–water partition coefficient (Wildman–Crippen LogP) is 4.22. The van der Waals surface area contributed by atoms with Crippen LogP contribution in [0.4, 0.5) is 13.2 Å². The van der Waals surface area contributed by atoms with Gasteiger partial charge in [-0.2, -0.15) is 0 Å². The molecule has 0 radical (unpaired) electrons. The third-order valence-electron chi connectivity index (χ3n) is 2.54. The Hall–Kier alpha value is -1.82. The maximum Gasteiger partial charge on any atom is 0.344 e. The van der Waals surface area contributed by atoms with Gasteiger partial charge in [0.25, 0.3) is 0 Å². The van der Waals surface area contributed by atoms with Crippen LogP contribution in [-0.4, -0.2) is 5.97 Å². The monoisotopic (exact) mass is 344 g/mol. The highest BCUT2D eigenvalue weighted by molar-refractivity contribution is 9.10. The first kappa shape index (κ1) is 14.6. The van der Waals surface area contributed by atoms with E-state index in [2.05, 4.69) is 15.9 Å². The number of carbonyl (C=O) groups excluding carboxylic acids is 1. The smallest absolute Gasteiger partial charge is 0.344 e. The SMILES string of the molecule is O=C(OCc1ccc(F)cc1Br)c1c(F)cccc1F. The van der Waals surface area contributed by atoms with Crippen LogP contribution in [0.3, 0.4) is 0 Å². The van der Waals surface area contributed by atoms with Crippen molar-refractivity contribution in [3.63, 3.8) is 0 Å². The summed E-state index contributed by atoms with van der Waals surface area (Å²) in [4.78, 5) is 11.6. The molecule has 0 saturated carbocycles. The molecule has 0 unspecified atom stereocenters. The Morgan fingerprint density at radius 3 is 2.35 bits per heavy atom. The van der Waals surface area contributed by atoms with Crippen molar-refractivity contribution in [2.45, 2.75) is 6.61 Å². The van der Waals surface area contributed by atoms with Crippen molar-refractivity contribution in [2.24, 2.45) is 0 Å². The van der Waals surface area contributed by atoms with E-state index in [1.807, 2.05) is 0 Å². The van der Waals surface area contributed by atoms with E-state index >= 15 is 0 Å². The maximum absolute atomic E-state index is 13.4. The van der Waals surface area contributed by atoms with E-state index in [1.54, 1.807) is 0 Å². The summed E-state index contributed by atoms with van der Waals surface area (Å²) in [6.45, 7) is -0.229. The zero-order valence-corrected chi connectivity index (χ0v) is 11.6. The molecule has 0 saturated heterocycles. The summed E-state index contributed by atoms with van der Waals surface area (Å²) in [6.07, 6.45) is 0. The van der Waals surface area contributed by atoms with Crippen molar-refractivity contribution < 1.29 is 22.7 Å². The molecule has 0 aliphatic rings. The van der Waals surface area contributed by atoms with Gasteiger partial charge in [0.1, 0.15) is 29.6 Å². The van der Waals surface area contributed by atoms with Gasteiger partial charge in [-0.15, -0.1) is 0 Å². The molecule has 2 rings (SSSR count). The molecule has 2 aromatic carbocycles. The molecule has 104 valence electrons. The standard InChI is InChI=1S/C14H8BrF3O2/c15-10-6-9(16)5-4-8(10)7-20-14(19)13-11(17)2-1-3-12(13)18/h1-6H,7H2. The summed E-state index contributed by atoms with van der Waals surface area (Å²) >= 11 is 3.10. The Morgan fingerprint density at radius 2 is 1.75 bits per heavy atom. The quantitative estimate of drug-likeness (QED) is 0.779. The Kier molecular flexibility index (Phi) is 4.44. The minimum absolute atomic E-state index is 0.229. The Labute approximate surface area is 121 Å². The molecule has 20 heavy (non-hydrogen) atoms. The lowest BCUT2D eigenvalue weighted by Gasteiger charge is -2.08. The Bertz CT molecular complexity index is 639. The van der Waals surface area contributed by atoms with Crippen LogP contribution >= 0.6 is 15.9 Å². The van der Waals surface area contributed by atoms with Crippen molar-refractivity contribution in [3.05, 3.63) is 69.4 Å². The number of rotatable bonds is 3. The van der Waals surface area contributed by atoms with Crippen LogP contribution in [-0.2, 0) is 11.3 Å². The van der Waals surface area contributed by atoms with Crippen LogP contribution in [0.25, 0.3) is 0 Å². The van der Waals surface area contributed by atoms with E-state index in [1.165, 1.54) is 18.2 Å². The van der Waals surface area contributed by atoms with Gasteiger partial charge in [-0.25, -0.2) is 18.0 Å². The normalized spacial score (nSPS) is 10.4. The van der Waals surface area contributed by atoms with Gasteiger partial charge in [0.15, 0.2) is 0 Å². The first-order valence-electron chi connectivity index (χ1n) is 5.54. The summed E-state index contributed by atoms with van der Waals surface area (Å²) in [5, 5.41) is 0. The first-order chi connectivity index (χ1) is 9.49. The lowest BCUT2D eigenvalue weighted by atomic mass is 10.2. The van der Waals surface area contributed by atoms with Crippen LogP contribution in [0.15, 0.2) is 40.9 Å². The lowest BCUT2D eigenvalue weighted by molar-refractivity contribution is 0.0460. The number of ether oxygens (including phenoxy) is 1. The first-order valence-corrected chi connectivity index (χ1v) is 6.33. The van der Waals surface area contributed by atoms with Crippen molar-refractivity contribution >= 4 is 21.9 Å². The van der Waals surface area contributed by atoms with Crippen molar-refractivity contribution in [1.29, 1.82) is 0 Å². The average Bonchev–Trinajstić information content (AvgIpc) is 2.37.